The Morgan fingerprint density at radius 1 is 1.50 bits per heavy atom. The van der Waals surface area contributed by atoms with Gasteiger partial charge in [0.2, 0.25) is 0 Å². The number of aromatic nitrogens is 2. The summed E-state index contributed by atoms with van der Waals surface area (Å²) in [7, 11) is 0. The zero-order valence-electron chi connectivity index (χ0n) is 10.7. The van der Waals surface area contributed by atoms with Crippen LogP contribution in [0.5, 0.6) is 0 Å². The number of hydrogen-bond donors (Lipinski definition) is 1. The highest BCUT2D eigenvalue weighted by Crippen LogP contribution is 2.13. The number of halogens is 1. The Labute approximate surface area is 121 Å². The third-order valence-corrected chi connectivity index (χ3v) is 3.17. The highest BCUT2D eigenvalue weighted by atomic mass is 127. The van der Waals surface area contributed by atoms with Gasteiger partial charge in [-0.3, -0.25) is 4.68 Å². The molecule has 0 fully saturated rings. The maximum Gasteiger partial charge on any atom is 0.122 e. The summed E-state index contributed by atoms with van der Waals surface area (Å²) in [5.74, 6) is 1.65. The molecule has 5 heteroatoms. The van der Waals surface area contributed by atoms with Crippen molar-refractivity contribution in [2.45, 2.75) is 26.9 Å². The van der Waals surface area contributed by atoms with Crippen LogP contribution in [0.2, 0.25) is 0 Å². The second-order valence-electron chi connectivity index (χ2n) is 4.75. The monoisotopic (exact) mass is 359 g/mol. The van der Waals surface area contributed by atoms with E-state index in [4.69, 9.17) is 4.42 Å². The lowest BCUT2D eigenvalue weighted by Gasteiger charge is -2.07. The molecule has 0 aromatic carbocycles. The highest BCUT2D eigenvalue weighted by molar-refractivity contribution is 14.1. The van der Waals surface area contributed by atoms with Gasteiger partial charge in [0, 0.05) is 11.8 Å². The summed E-state index contributed by atoms with van der Waals surface area (Å²) in [6.07, 6.45) is 5.63. The van der Waals surface area contributed by atoms with E-state index in [9.17, 15) is 0 Å². The van der Waals surface area contributed by atoms with E-state index in [1.54, 1.807) is 6.26 Å². The topological polar surface area (TPSA) is 43.0 Å². The van der Waals surface area contributed by atoms with Crippen molar-refractivity contribution in [1.29, 1.82) is 0 Å². The predicted octanol–water partition coefficient (Wildman–Crippen LogP) is 2.87. The van der Waals surface area contributed by atoms with Crippen molar-refractivity contribution in [3.05, 3.63) is 39.6 Å². The van der Waals surface area contributed by atoms with E-state index >= 15 is 0 Å². The molecule has 4 nitrogen and oxygen atoms in total. The lowest BCUT2D eigenvalue weighted by molar-refractivity contribution is 0.458. The van der Waals surface area contributed by atoms with E-state index in [-0.39, 0.29) is 0 Å². The molecule has 0 unspecified atom stereocenters. The molecule has 2 aromatic heterocycles. The van der Waals surface area contributed by atoms with Gasteiger partial charge in [-0.2, -0.15) is 5.10 Å². The van der Waals surface area contributed by atoms with Crippen molar-refractivity contribution in [3.63, 3.8) is 0 Å². The Morgan fingerprint density at radius 2 is 2.33 bits per heavy atom. The van der Waals surface area contributed by atoms with Crippen molar-refractivity contribution in [2.75, 3.05) is 6.54 Å². The van der Waals surface area contributed by atoms with Gasteiger partial charge in [0.15, 0.2) is 0 Å². The van der Waals surface area contributed by atoms with Crippen LogP contribution in [0, 0.1) is 9.49 Å². The zero-order valence-corrected chi connectivity index (χ0v) is 12.8. The number of hydrogen-bond acceptors (Lipinski definition) is 3. The molecule has 1 N–H and O–H groups in total. The standard InChI is InChI=1S/C13H18IN3O/c1-10(2)5-15-7-13-11(3-4-18-13)8-17-9-12(14)6-16-17/h3-4,6,9-10,15H,5,7-8H2,1-2H3. The van der Waals surface area contributed by atoms with Gasteiger partial charge in [-0.25, -0.2) is 0 Å². The Hall–Kier alpha value is -0.820. The molecule has 2 rings (SSSR count). The van der Waals surface area contributed by atoms with Crippen LogP contribution in [0.3, 0.4) is 0 Å². The van der Waals surface area contributed by atoms with Gasteiger partial charge in [-0.15, -0.1) is 0 Å². The second kappa shape index (κ2) is 6.38. The van der Waals surface area contributed by atoms with Crippen LogP contribution >= 0.6 is 22.6 Å². The maximum atomic E-state index is 5.52. The largest absolute Gasteiger partial charge is 0.468 e. The molecular weight excluding hydrogens is 341 g/mol. The van der Waals surface area contributed by atoms with Crippen LogP contribution in [0.25, 0.3) is 0 Å². The smallest absolute Gasteiger partial charge is 0.122 e. The normalized spacial score (nSPS) is 11.3. The van der Waals surface area contributed by atoms with Gasteiger partial charge >= 0.3 is 0 Å². The molecule has 98 valence electrons. The van der Waals surface area contributed by atoms with Crippen LogP contribution in [0.15, 0.2) is 29.1 Å². The first kappa shape index (κ1) is 13.6. The molecule has 2 heterocycles. The quantitative estimate of drug-likeness (QED) is 0.807. The lowest BCUT2D eigenvalue weighted by Crippen LogP contribution is -2.19. The van der Waals surface area contributed by atoms with E-state index < -0.39 is 0 Å². The molecule has 0 aliphatic carbocycles. The molecule has 2 aromatic rings. The SMILES string of the molecule is CC(C)CNCc1occc1Cn1cc(I)cn1. The number of rotatable bonds is 6. The summed E-state index contributed by atoms with van der Waals surface area (Å²) in [5.41, 5.74) is 1.19. The minimum absolute atomic E-state index is 0.649. The summed E-state index contributed by atoms with van der Waals surface area (Å²) in [6, 6.07) is 2.01. The summed E-state index contributed by atoms with van der Waals surface area (Å²) >= 11 is 2.26. The average molecular weight is 359 g/mol. The molecule has 0 radical (unpaired) electrons. The van der Waals surface area contributed by atoms with Crippen LogP contribution in [-0.2, 0) is 13.1 Å². The third-order valence-electron chi connectivity index (χ3n) is 2.61. The fourth-order valence-corrected chi connectivity index (χ4v) is 2.18. The Morgan fingerprint density at radius 3 is 3.00 bits per heavy atom. The lowest BCUT2D eigenvalue weighted by atomic mass is 10.2. The molecule has 0 atom stereocenters. The van der Waals surface area contributed by atoms with Crippen LogP contribution < -0.4 is 5.32 Å². The number of nitrogens with one attached hydrogen (secondary N) is 1. The van der Waals surface area contributed by atoms with Gasteiger partial charge in [0.05, 0.1) is 29.1 Å². The molecule has 0 saturated heterocycles. The van der Waals surface area contributed by atoms with E-state index in [0.29, 0.717) is 5.92 Å². The predicted molar refractivity (Wildman–Crippen MR) is 79.3 cm³/mol. The average Bonchev–Trinajstić information content (AvgIpc) is 2.89. The van der Waals surface area contributed by atoms with E-state index in [1.807, 2.05) is 23.1 Å². The van der Waals surface area contributed by atoms with Gasteiger partial charge < -0.3 is 9.73 Å². The third kappa shape index (κ3) is 3.84. The van der Waals surface area contributed by atoms with Gasteiger partial charge in [-0.1, -0.05) is 13.8 Å². The maximum absolute atomic E-state index is 5.52. The van der Waals surface area contributed by atoms with Crippen LogP contribution in [-0.4, -0.2) is 16.3 Å². The van der Waals surface area contributed by atoms with E-state index in [1.165, 1.54) is 5.56 Å². The molecule has 0 bridgehead atoms. The van der Waals surface area contributed by atoms with Crippen molar-refractivity contribution in [3.8, 4) is 0 Å². The molecule has 0 saturated carbocycles. The zero-order chi connectivity index (χ0) is 13.0. The first-order chi connectivity index (χ1) is 8.65. The van der Waals surface area contributed by atoms with Crippen LogP contribution in [0.1, 0.15) is 25.2 Å². The minimum atomic E-state index is 0.649. The number of nitrogens with zero attached hydrogens (tertiary/aromatic N) is 2. The van der Waals surface area contributed by atoms with Gasteiger partial charge in [0.1, 0.15) is 5.76 Å². The van der Waals surface area contributed by atoms with Crippen molar-refractivity contribution < 1.29 is 4.42 Å². The summed E-state index contributed by atoms with van der Waals surface area (Å²) in [5, 5.41) is 7.68. The van der Waals surface area contributed by atoms with Gasteiger partial charge in [-0.05, 0) is 41.1 Å². The molecule has 18 heavy (non-hydrogen) atoms. The van der Waals surface area contributed by atoms with Crippen molar-refractivity contribution in [2.24, 2.45) is 5.92 Å². The second-order valence-corrected chi connectivity index (χ2v) is 6.00. The Balaban J connectivity index is 1.95. The summed E-state index contributed by atoms with van der Waals surface area (Å²) in [4.78, 5) is 0. The van der Waals surface area contributed by atoms with Crippen LogP contribution in [0.4, 0.5) is 0 Å². The molecule has 0 aliphatic rings. The Kier molecular flexibility index (Phi) is 4.82. The molecule has 0 amide bonds. The first-order valence-electron chi connectivity index (χ1n) is 6.09. The Bertz CT molecular complexity index is 490. The van der Waals surface area contributed by atoms with Crippen molar-refractivity contribution in [1.82, 2.24) is 15.1 Å². The molecular formula is C13H18IN3O. The van der Waals surface area contributed by atoms with E-state index in [2.05, 4.69) is 46.9 Å². The fraction of sp³-hybridized carbons (Fsp3) is 0.462. The first-order valence-corrected chi connectivity index (χ1v) is 7.17. The van der Waals surface area contributed by atoms with Crippen molar-refractivity contribution >= 4 is 22.6 Å². The molecule has 0 spiro atoms. The minimum Gasteiger partial charge on any atom is -0.468 e. The highest BCUT2D eigenvalue weighted by Gasteiger charge is 2.07. The number of furan rings is 1. The summed E-state index contributed by atoms with van der Waals surface area (Å²) < 4.78 is 8.60. The molecule has 0 aliphatic heterocycles. The summed E-state index contributed by atoms with van der Waals surface area (Å²) in [6.45, 7) is 6.93. The van der Waals surface area contributed by atoms with E-state index in [0.717, 1.165) is 29.0 Å². The fourth-order valence-electron chi connectivity index (χ4n) is 1.74. The van der Waals surface area contributed by atoms with Gasteiger partial charge in [0.25, 0.3) is 0 Å².